The molecule has 0 aliphatic rings. The summed E-state index contributed by atoms with van der Waals surface area (Å²) in [5, 5.41) is 13.1. The van der Waals surface area contributed by atoms with E-state index in [-0.39, 0.29) is 0 Å². The largest absolute Gasteiger partial charge is 0.380 e. The van der Waals surface area contributed by atoms with Crippen molar-refractivity contribution in [3.63, 3.8) is 0 Å². The van der Waals surface area contributed by atoms with Crippen molar-refractivity contribution >= 4 is 56.4 Å². The van der Waals surface area contributed by atoms with Crippen LogP contribution in [0.2, 0.25) is 10.0 Å². The zero-order chi connectivity index (χ0) is 20.4. The maximum atomic E-state index is 8.55. The molecule has 0 saturated carbocycles. The Bertz CT molecular complexity index is 729. The molecule has 7 heteroatoms. The Morgan fingerprint density at radius 2 is 1.67 bits per heavy atom. The predicted molar refractivity (Wildman–Crippen MR) is 123 cm³/mol. The molecule has 0 amide bonds. The van der Waals surface area contributed by atoms with Gasteiger partial charge in [-0.1, -0.05) is 43.1 Å². The molecule has 0 aliphatic heterocycles. The fraction of sp³-hybridized carbons (Fsp3) is 0.350. The number of benzene rings is 2. The number of amidine groups is 1. The van der Waals surface area contributed by atoms with Crippen LogP contribution in [0, 0.1) is 5.41 Å². The summed E-state index contributed by atoms with van der Waals surface area (Å²) >= 11 is 12.5. The van der Waals surface area contributed by atoms with E-state index in [1.807, 2.05) is 69.0 Å². The molecule has 0 aromatic heterocycles. The molecule has 0 heterocycles. The van der Waals surface area contributed by atoms with Crippen molar-refractivity contribution in [2.24, 2.45) is 0 Å². The quantitative estimate of drug-likeness (QED) is 0.341. The summed E-state index contributed by atoms with van der Waals surface area (Å²) in [6.45, 7) is 10.1. The number of nitrogens with one attached hydrogen (secondary N) is 2. The second-order valence-corrected chi connectivity index (χ2v) is 7.26. The van der Waals surface area contributed by atoms with E-state index in [9.17, 15) is 0 Å². The normalized spacial score (nSPS) is 10.0. The van der Waals surface area contributed by atoms with Gasteiger partial charge in [-0.25, -0.2) is 0 Å². The molecule has 2 N–H and O–H groups in total. The molecule has 0 aliphatic carbocycles. The van der Waals surface area contributed by atoms with E-state index in [1.54, 1.807) is 0 Å². The van der Waals surface area contributed by atoms with Crippen LogP contribution in [0.3, 0.4) is 0 Å². The Hall–Kier alpha value is -1.07. The molecule has 0 radical (unpaired) electrons. The third-order valence-electron chi connectivity index (χ3n) is 3.93. The van der Waals surface area contributed by atoms with E-state index in [2.05, 4.69) is 5.32 Å². The Balaban J connectivity index is 0.00000176. The molecule has 0 saturated heterocycles. The topological polar surface area (TPSA) is 39.1 Å². The van der Waals surface area contributed by atoms with Gasteiger partial charge >= 0.3 is 0 Å². The van der Waals surface area contributed by atoms with Crippen LogP contribution >= 0.6 is 44.9 Å². The van der Waals surface area contributed by atoms with Crippen LogP contribution < -0.4 is 5.32 Å². The van der Waals surface area contributed by atoms with Gasteiger partial charge in [0.2, 0.25) is 0 Å². The van der Waals surface area contributed by atoms with Crippen LogP contribution in [0.25, 0.3) is 0 Å². The molecular weight excluding hydrogens is 421 g/mol. The van der Waals surface area contributed by atoms with Crippen LogP contribution in [-0.2, 0) is 6.54 Å². The Kier molecular flexibility index (Phi) is 11.0. The minimum Gasteiger partial charge on any atom is -0.380 e. The summed E-state index contributed by atoms with van der Waals surface area (Å²) < 4.78 is 0. The van der Waals surface area contributed by atoms with Gasteiger partial charge in [-0.15, -0.1) is 0 Å². The van der Waals surface area contributed by atoms with E-state index < -0.39 is 0 Å². The standard InChI is InChI=1S/C18H20Cl3N3S.C2H6/c1-3-24(4-2)18(22)13-10-12(25-21)8-9-17(13)23-11-14-15(19)6-5-7-16(14)20;1-2/h5-10,22-23H,3-4,11H2,1-2H3;1-2H3. The maximum Gasteiger partial charge on any atom is 0.130 e. The van der Waals surface area contributed by atoms with E-state index in [0.29, 0.717) is 22.4 Å². The van der Waals surface area contributed by atoms with Gasteiger partial charge in [0.05, 0.1) is 0 Å². The van der Waals surface area contributed by atoms with Crippen molar-refractivity contribution in [2.45, 2.75) is 39.1 Å². The number of nitrogens with zero attached hydrogens (tertiary/aromatic N) is 1. The Labute approximate surface area is 181 Å². The van der Waals surface area contributed by atoms with Crippen LogP contribution in [0.4, 0.5) is 5.69 Å². The number of hydrogen-bond acceptors (Lipinski definition) is 3. The predicted octanol–water partition coefficient (Wildman–Crippen LogP) is 7.54. The first kappa shape index (κ1) is 24.0. The molecular formula is C20H26Cl3N3S. The van der Waals surface area contributed by atoms with Crippen molar-refractivity contribution in [2.75, 3.05) is 18.4 Å². The summed E-state index contributed by atoms with van der Waals surface area (Å²) in [6, 6.07) is 11.2. The number of anilines is 1. The van der Waals surface area contributed by atoms with Gasteiger partial charge < -0.3 is 10.2 Å². The molecule has 0 bridgehead atoms. The van der Waals surface area contributed by atoms with E-state index in [1.165, 1.54) is 0 Å². The maximum absolute atomic E-state index is 8.55. The third kappa shape index (κ3) is 6.49. The average Bonchev–Trinajstić information content (AvgIpc) is 2.70. The van der Waals surface area contributed by atoms with Gasteiger partial charge in [0, 0.05) is 51.4 Å². The highest BCUT2D eigenvalue weighted by atomic mass is 35.7. The molecule has 148 valence electrons. The molecule has 0 atom stereocenters. The SMILES string of the molecule is CC.CCN(CC)C(=N)c1cc(SCl)ccc1NCc1c(Cl)cccc1Cl. The Morgan fingerprint density at radius 1 is 1.07 bits per heavy atom. The van der Waals surface area contributed by atoms with Gasteiger partial charge in [0.1, 0.15) is 5.84 Å². The molecule has 27 heavy (non-hydrogen) atoms. The fourth-order valence-corrected chi connectivity index (χ4v) is 3.62. The minimum absolute atomic E-state index is 0.463. The first-order valence-electron chi connectivity index (χ1n) is 8.95. The molecule has 0 fully saturated rings. The van der Waals surface area contributed by atoms with Crippen molar-refractivity contribution in [3.8, 4) is 0 Å². The fourth-order valence-electron chi connectivity index (χ4n) is 2.52. The van der Waals surface area contributed by atoms with E-state index >= 15 is 0 Å². The first-order chi connectivity index (χ1) is 13.0. The molecule has 2 aromatic rings. The lowest BCUT2D eigenvalue weighted by Crippen LogP contribution is -2.31. The van der Waals surface area contributed by atoms with Gasteiger partial charge in [-0.05, 0) is 65.8 Å². The van der Waals surface area contributed by atoms with Gasteiger partial charge in [0.25, 0.3) is 0 Å². The first-order valence-corrected chi connectivity index (χ1v) is 11.3. The monoisotopic (exact) mass is 445 g/mol. The van der Waals surface area contributed by atoms with Gasteiger partial charge in [-0.3, -0.25) is 5.41 Å². The second-order valence-electron chi connectivity index (χ2n) is 5.36. The smallest absolute Gasteiger partial charge is 0.130 e. The van der Waals surface area contributed by atoms with Crippen LogP contribution in [-0.4, -0.2) is 23.8 Å². The molecule has 0 unspecified atom stereocenters. The summed E-state index contributed by atoms with van der Waals surface area (Å²) in [5.74, 6) is 0.463. The lowest BCUT2D eigenvalue weighted by Gasteiger charge is -2.24. The van der Waals surface area contributed by atoms with E-state index in [4.69, 9.17) is 39.3 Å². The summed E-state index contributed by atoms with van der Waals surface area (Å²) in [6.07, 6.45) is 0. The molecule has 0 spiro atoms. The highest BCUT2D eigenvalue weighted by Crippen LogP contribution is 2.30. The van der Waals surface area contributed by atoms with Crippen LogP contribution in [0.15, 0.2) is 41.3 Å². The number of hydrogen-bond donors (Lipinski definition) is 2. The number of halogens is 3. The second kappa shape index (κ2) is 12.4. The molecule has 2 aromatic carbocycles. The lowest BCUT2D eigenvalue weighted by atomic mass is 10.1. The van der Waals surface area contributed by atoms with Crippen molar-refractivity contribution in [3.05, 3.63) is 57.6 Å². The van der Waals surface area contributed by atoms with Crippen LogP contribution in [0.5, 0.6) is 0 Å². The van der Waals surface area contributed by atoms with Crippen LogP contribution in [0.1, 0.15) is 38.8 Å². The van der Waals surface area contributed by atoms with E-state index in [0.717, 1.165) is 45.8 Å². The van der Waals surface area contributed by atoms with Crippen molar-refractivity contribution in [1.82, 2.24) is 4.90 Å². The minimum atomic E-state index is 0.463. The highest BCUT2D eigenvalue weighted by Gasteiger charge is 2.15. The Morgan fingerprint density at radius 3 is 2.19 bits per heavy atom. The number of rotatable bonds is 7. The molecule has 3 nitrogen and oxygen atoms in total. The molecule has 2 rings (SSSR count). The summed E-state index contributed by atoms with van der Waals surface area (Å²) in [5.41, 5.74) is 2.49. The third-order valence-corrected chi connectivity index (χ3v) is 5.61. The van der Waals surface area contributed by atoms with Crippen molar-refractivity contribution in [1.29, 1.82) is 5.41 Å². The highest BCUT2D eigenvalue weighted by molar-refractivity contribution is 8.21. The average molecular weight is 447 g/mol. The lowest BCUT2D eigenvalue weighted by molar-refractivity contribution is 0.463. The van der Waals surface area contributed by atoms with Gasteiger partial charge in [-0.2, -0.15) is 0 Å². The summed E-state index contributed by atoms with van der Waals surface area (Å²) in [4.78, 5) is 2.89. The van der Waals surface area contributed by atoms with Crippen molar-refractivity contribution < 1.29 is 0 Å². The van der Waals surface area contributed by atoms with Gasteiger partial charge in [0.15, 0.2) is 0 Å². The zero-order valence-corrected chi connectivity index (χ0v) is 19.2. The zero-order valence-electron chi connectivity index (χ0n) is 16.1. The summed E-state index contributed by atoms with van der Waals surface area (Å²) in [7, 11) is 7.04.